The van der Waals surface area contributed by atoms with Crippen molar-refractivity contribution in [3.8, 4) is 11.4 Å². The summed E-state index contributed by atoms with van der Waals surface area (Å²) in [7, 11) is 0. The molecule has 50 valence electrons. The highest BCUT2D eigenvalue weighted by Gasteiger charge is 1.98. The average molecular weight is 151 g/mol. The molecule has 0 spiro atoms. The number of nitrogens with zero attached hydrogens (tertiary/aromatic N) is 2. The van der Waals surface area contributed by atoms with Crippen molar-refractivity contribution in [3.63, 3.8) is 0 Å². The van der Waals surface area contributed by atoms with E-state index < -0.39 is 0 Å². The van der Waals surface area contributed by atoms with Gasteiger partial charge in [-0.1, -0.05) is 4.49 Å². The average Bonchev–Trinajstić information content (AvgIpc) is 2.59. The van der Waals surface area contributed by atoms with E-state index >= 15 is 0 Å². The lowest BCUT2D eigenvalue weighted by Crippen LogP contribution is -1.74. The molecule has 0 fully saturated rings. The largest absolute Gasteiger partial charge is 0.360 e. The highest BCUT2D eigenvalue weighted by Crippen LogP contribution is 2.13. The van der Waals surface area contributed by atoms with Crippen molar-refractivity contribution < 1.29 is 0 Å². The first-order valence-electron chi connectivity index (χ1n) is 2.87. The number of nitrogens with one attached hydrogen (secondary N) is 1. The van der Waals surface area contributed by atoms with Crippen LogP contribution in [-0.2, 0) is 0 Å². The summed E-state index contributed by atoms with van der Waals surface area (Å²) in [6.45, 7) is 0. The summed E-state index contributed by atoms with van der Waals surface area (Å²) >= 11 is 1.36. The lowest BCUT2D eigenvalue weighted by atomic mass is 10.4. The standard InChI is InChI=1S/C6H5N3S/c1-2-5(7-3-1)6-4-10-9-8-6/h1-4,7H. The quantitative estimate of drug-likeness (QED) is 0.671. The third-order valence-electron chi connectivity index (χ3n) is 1.23. The molecular formula is C6H5N3S. The summed E-state index contributed by atoms with van der Waals surface area (Å²) in [5.41, 5.74) is 1.93. The first-order valence-corrected chi connectivity index (χ1v) is 3.71. The summed E-state index contributed by atoms with van der Waals surface area (Å²) in [4.78, 5) is 3.04. The van der Waals surface area contributed by atoms with Gasteiger partial charge >= 0.3 is 0 Å². The number of aromatic nitrogens is 3. The van der Waals surface area contributed by atoms with E-state index in [4.69, 9.17) is 0 Å². The van der Waals surface area contributed by atoms with Crippen LogP contribution < -0.4 is 0 Å². The molecule has 2 aromatic heterocycles. The Kier molecular flexibility index (Phi) is 1.25. The molecule has 2 aromatic rings. The Balaban J connectivity index is 2.48. The maximum Gasteiger partial charge on any atom is 0.122 e. The van der Waals surface area contributed by atoms with Gasteiger partial charge in [-0.15, -0.1) is 5.10 Å². The lowest BCUT2D eigenvalue weighted by Gasteiger charge is -1.84. The van der Waals surface area contributed by atoms with Gasteiger partial charge < -0.3 is 4.98 Å². The van der Waals surface area contributed by atoms with Crippen LogP contribution in [0.1, 0.15) is 0 Å². The van der Waals surface area contributed by atoms with E-state index in [9.17, 15) is 0 Å². The van der Waals surface area contributed by atoms with E-state index in [2.05, 4.69) is 14.6 Å². The zero-order chi connectivity index (χ0) is 6.81. The van der Waals surface area contributed by atoms with Gasteiger partial charge in [-0.05, 0) is 23.7 Å². The predicted octanol–water partition coefficient (Wildman–Crippen LogP) is 1.53. The molecule has 0 unspecified atom stereocenters. The van der Waals surface area contributed by atoms with E-state index in [0.717, 1.165) is 11.4 Å². The second kappa shape index (κ2) is 2.22. The monoisotopic (exact) mass is 151 g/mol. The van der Waals surface area contributed by atoms with Crippen molar-refractivity contribution >= 4 is 11.5 Å². The molecule has 1 N–H and O–H groups in total. The third kappa shape index (κ3) is 0.823. The van der Waals surface area contributed by atoms with Crippen LogP contribution in [-0.4, -0.2) is 14.6 Å². The van der Waals surface area contributed by atoms with Crippen LogP contribution in [0.15, 0.2) is 23.7 Å². The van der Waals surface area contributed by atoms with E-state index in [0.29, 0.717) is 0 Å². The van der Waals surface area contributed by atoms with Gasteiger partial charge in [0.15, 0.2) is 0 Å². The molecule has 4 heteroatoms. The maximum atomic E-state index is 3.90. The van der Waals surface area contributed by atoms with Crippen LogP contribution >= 0.6 is 11.5 Å². The Hall–Kier alpha value is -1.16. The van der Waals surface area contributed by atoms with E-state index in [1.807, 2.05) is 23.7 Å². The summed E-state index contributed by atoms with van der Waals surface area (Å²) in [6.07, 6.45) is 1.87. The van der Waals surface area contributed by atoms with E-state index in [1.165, 1.54) is 11.5 Å². The molecule has 0 bridgehead atoms. The van der Waals surface area contributed by atoms with Crippen LogP contribution in [0.2, 0.25) is 0 Å². The first-order chi connectivity index (χ1) is 4.97. The topological polar surface area (TPSA) is 41.6 Å². The van der Waals surface area contributed by atoms with Gasteiger partial charge in [0.05, 0.1) is 5.69 Å². The normalized spacial score (nSPS) is 10.0. The molecule has 2 heterocycles. The van der Waals surface area contributed by atoms with Gasteiger partial charge in [0.2, 0.25) is 0 Å². The van der Waals surface area contributed by atoms with Crippen LogP contribution in [0.25, 0.3) is 11.4 Å². The fourth-order valence-electron chi connectivity index (χ4n) is 0.772. The predicted molar refractivity (Wildman–Crippen MR) is 39.7 cm³/mol. The Labute approximate surface area is 61.9 Å². The minimum Gasteiger partial charge on any atom is -0.360 e. The third-order valence-corrected chi connectivity index (χ3v) is 1.74. The summed E-state index contributed by atoms with van der Waals surface area (Å²) < 4.78 is 3.75. The molecule has 10 heavy (non-hydrogen) atoms. The zero-order valence-corrected chi connectivity index (χ0v) is 5.93. The molecule has 3 nitrogen and oxygen atoms in total. The first kappa shape index (κ1) is 5.61. The molecule has 0 aliphatic heterocycles. The van der Waals surface area contributed by atoms with Gasteiger partial charge in [-0.25, -0.2) is 0 Å². The summed E-state index contributed by atoms with van der Waals surface area (Å²) in [6, 6.07) is 3.91. The number of aromatic amines is 1. The molecule has 0 aliphatic carbocycles. The van der Waals surface area contributed by atoms with E-state index in [1.54, 1.807) is 0 Å². The van der Waals surface area contributed by atoms with Crippen LogP contribution in [0.5, 0.6) is 0 Å². The Bertz CT molecular complexity index is 252. The van der Waals surface area contributed by atoms with Gasteiger partial charge in [0.25, 0.3) is 0 Å². The fraction of sp³-hybridized carbons (Fsp3) is 0. The van der Waals surface area contributed by atoms with Crippen LogP contribution in [0.3, 0.4) is 0 Å². The highest BCUT2D eigenvalue weighted by atomic mass is 32.1. The maximum absolute atomic E-state index is 3.90. The molecule has 0 aliphatic rings. The Morgan fingerprint density at radius 1 is 1.50 bits per heavy atom. The molecular weight excluding hydrogens is 146 g/mol. The van der Waals surface area contributed by atoms with Gasteiger partial charge in [0, 0.05) is 11.6 Å². The molecule has 0 saturated carbocycles. The number of H-pyrrole nitrogens is 1. The number of hydrogen-bond acceptors (Lipinski definition) is 3. The summed E-state index contributed by atoms with van der Waals surface area (Å²) in [5, 5.41) is 5.80. The van der Waals surface area contributed by atoms with Crippen LogP contribution in [0, 0.1) is 0 Å². The van der Waals surface area contributed by atoms with Crippen molar-refractivity contribution in [1.82, 2.24) is 14.6 Å². The molecule has 2 rings (SSSR count). The van der Waals surface area contributed by atoms with Crippen molar-refractivity contribution in [2.24, 2.45) is 0 Å². The SMILES string of the molecule is c1c[nH]c(-c2csnn2)c1. The molecule has 0 atom stereocenters. The van der Waals surface area contributed by atoms with Crippen molar-refractivity contribution in [2.75, 3.05) is 0 Å². The number of rotatable bonds is 1. The molecule has 0 aromatic carbocycles. The van der Waals surface area contributed by atoms with Crippen molar-refractivity contribution in [2.45, 2.75) is 0 Å². The fourth-order valence-corrected chi connectivity index (χ4v) is 1.23. The second-order valence-corrected chi connectivity index (χ2v) is 2.48. The molecule has 0 radical (unpaired) electrons. The van der Waals surface area contributed by atoms with Gasteiger partial charge in [-0.3, -0.25) is 0 Å². The minimum atomic E-state index is 0.912. The van der Waals surface area contributed by atoms with Gasteiger partial charge in [0.1, 0.15) is 5.69 Å². The molecule has 0 amide bonds. The lowest BCUT2D eigenvalue weighted by molar-refractivity contribution is 1.15. The highest BCUT2D eigenvalue weighted by molar-refractivity contribution is 7.03. The second-order valence-electron chi connectivity index (χ2n) is 1.87. The van der Waals surface area contributed by atoms with Gasteiger partial charge in [-0.2, -0.15) is 0 Å². The molecule has 0 saturated heterocycles. The number of hydrogen-bond donors (Lipinski definition) is 1. The minimum absolute atomic E-state index is 0.912. The Morgan fingerprint density at radius 3 is 3.10 bits per heavy atom. The smallest absolute Gasteiger partial charge is 0.122 e. The van der Waals surface area contributed by atoms with E-state index in [-0.39, 0.29) is 0 Å². The van der Waals surface area contributed by atoms with Crippen molar-refractivity contribution in [1.29, 1.82) is 0 Å². The summed E-state index contributed by atoms with van der Waals surface area (Å²) in [5.74, 6) is 0. The van der Waals surface area contributed by atoms with Crippen molar-refractivity contribution in [3.05, 3.63) is 23.7 Å². The Morgan fingerprint density at radius 2 is 2.50 bits per heavy atom. The van der Waals surface area contributed by atoms with Crippen LogP contribution in [0.4, 0.5) is 0 Å². The zero-order valence-electron chi connectivity index (χ0n) is 5.11.